The first kappa shape index (κ1) is 34.7. The van der Waals surface area contributed by atoms with E-state index in [2.05, 4.69) is 0 Å². The fraction of sp³-hybridized carbons (Fsp3) is 0.188. The van der Waals surface area contributed by atoms with Crippen LogP contribution in [0.25, 0.3) is 0 Å². The number of benzene rings is 4. The Bertz CT molecular complexity index is 1550. The van der Waals surface area contributed by atoms with Crippen molar-refractivity contribution in [3.63, 3.8) is 0 Å². The molecule has 224 valence electrons. The van der Waals surface area contributed by atoms with Crippen molar-refractivity contribution in [2.45, 2.75) is 25.7 Å². The van der Waals surface area contributed by atoms with Gasteiger partial charge in [-0.25, -0.2) is 4.57 Å². The maximum atomic E-state index is 12.8. The van der Waals surface area contributed by atoms with Crippen molar-refractivity contribution in [3.8, 4) is 34.5 Å². The summed E-state index contributed by atoms with van der Waals surface area (Å²) < 4.78 is 33.8. The Hall–Kier alpha value is -3.79. The van der Waals surface area contributed by atoms with Crippen LogP contribution < -0.4 is 53.0 Å². The normalized spacial score (nSPS) is 10.8. The molecule has 0 heterocycles. The third-order valence-electron chi connectivity index (χ3n) is 6.49. The number of hydrogen-bond donors (Lipinski definition) is 2. The number of phenolic OH excluding ortho intramolecular Hbond substituents is 2. The first-order valence-corrected chi connectivity index (χ1v) is 14.7. The smallest absolute Gasteiger partial charge is 0.736 e. The second-order valence-electron chi connectivity index (χ2n) is 9.55. The largest absolute Gasteiger partial charge is 1.00 e. The summed E-state index contributed by atoms with van der Waals surface area (Å²) in [4.78, 5) is 37.8. The molecule has 0 spiro atoms. The predicted octanol–water partition coefficient (Wildman–Crippen LogP) is 2.68. The van der Waals surface area contributed by atoms with Gasteiger partial charge in [0.1, 0.15) is 11.5 Å². The molecular weight excluding hydrogens is 598 g/mol. The maximum Gasteiger partial charge on any atom is 1.00 e. The molecule has 0 aliphatic heterocycles. The minimum atomic E-state index is -4.96. The van der Waals surface area contributed by atoms with Crippen molar-refractivity contribution >= 4 is 19.4 Å². The number of ketones is 2. The number of phosphoric acid groups is 1. The van der Waals surface area contributed by atoms with E-state index < -0.39 is 7.82 Å². The SMILES string of the molecule is COc1cc(CCC(=O)c2cccc(O)c2)ccc1OP(=O)([O-])Oc1ccc(CCC(=O)c2cccc(O)c2)cc1OC.[Na+]. The topological polar surface area (TPSA) is 152 Å². The Morgan fingerprint density at radius 1 is 0.659 bits per heavy atom. The molecule has 0 fully saturated rings. The number of carbonyl (C=O) groups is 2. The Labute approximate surface area is 277 Å². The van der Waals surface area contributed by atoms with Crippen LogP contribution >= 0.6 is 7.82 Å². The predicted molar refractivity (Wildman–Crippen MR) is 156 cm³/mol. The van der Waals surface area contributed by atoms with Crippen LogP contribution in [0.15, 0.2) is 84.9 Å². The molecular formula is C32H30NaO10P. The van der Waals surface area contributed by atoms with Gasteiger partial charge in [0.15, 0.2) is 34.6 Å². The Balaban J connectivity index is 0.00000529. The van der Waals surface area contributed by atoms with E-state index in [1.807, 2.05) is 0 Å². The Morgan fingerprint density at radius 3 is 1.43 bits per heavy atom. The number of carbonyl (C=O) groups excluding carboxylic acids is 2. The number of methoxy groups -OCH3 is 2. The van der Waals surface area contributed by atoms with Crippen molar-refractivity contribution in [1.29, 1.82) is 0 Å². The van der Waals surface area contributed by atoms with Crippen molar-refractivity contribution in [2.24, 2.45) is 0 Å². The first-order valence-electron chi connectivity index (χ1n) is 13.3. The zero-order valence-electron chi connectivity index (χ0n) is 24.5. The molecule has 44 heavy (non-hydrogen) atoms. The summed E-state index contributed by atoms with van der Waals surface area (Å²) in [6, 6.07) is 21.4. The van der Waals surface area contributed by atoms with Gasteiger partial charge in [-0.15, -0.1) is 0 Å². The van der Waals surface area contributed by atoms with Gasteiger partial charge in [-0.3, -0.25) is 9.59 Å². The van der Waals surface area contributed by atoms with Crippen molar-refractivity contribution in [3.05, 3.63) is 107 Å². The number of ether oxygens (including phenoxy) is 2. The van der Waals surface area contributed by atoms with E-state index in [0.29, 0.717) is 35.1 Å². The number of aryl methyl sites for hydroxylation is 2. The molecule has 12 heteroatoms. The second kappa shape index (κ2) is 15.8. The zero-order valence-corrected chi connectivity index (χ0v) is 27.4. The van der Waals surface area contributed by atoms with Crippen LogP contribution in [0, 0.1) is 0 Å². The monoisotopic (exact) mass is 628 g/mol. The van der Waals surface area contributed by atoms with Crippen molar-refractivity contribution in [1.82, 2.24) is 0 Å². The van der Waals surface area contributed by atoms with E-state index >= 15 is 0 Å². The minimum Gasteiger partial charge on any atom is -0.736 e. The van der Waals surface area contributed by atoms with Crippen LogP contribution in [0.4, 0.5) is 0 Å². The van der Waals surface area contributed by atoms with Crippen LogP contribution in [-0.2, 0) is 17.4 Å². The average Bonchev–Trinajstić information content (AvgIpc) is 2.99. The van der Waals surface area contributed by atoms with Crippen LogP contribution in [0.2, 0.25) is 0 Å². The second-order valence-corrected chi connectivity index (χ2v) is 10.8. The van der Waals surface area contributed by atoms with Crippen molar-refractivity contribution < 1.29 is 77.3 Å². The van der Waals surface area contributed by atoms with E-state index in [1.54, 1.807) is 48.5 Å². The zero-order chi connectivity index (χ0) is 31.0. The third-order valence-corrected chi connectivity index (χ3v) is 7.33. The van der Waals surface area contributed by atoms with E-state index in [-0.39, 0.29) is 88.5 Å². The molecule has 0 atom stereocenters. The van der Waals surface area contributed by atoms with E-state index in [9.17, 15) is 29.3 Å². The first-order chi connectivity index (χ1) is 20.6. The average molecular weight is 629 g/mol. The third kappa shape index (κ3) is 9.61. The molecule has 0 aromatic heterocycles. The molecule has 0 unspecified atom stereocenters. The van der Waals surface area contributed by atoms with Gasteiger partial charge in [0.25, 0.3) is 0 Å². The van der Waals surface area contributed by atoms with Gasteiger partial charge in [-0.05, 0) is 72.5 Å². The molecule has 4 rings (SSSR count). The fourth-order valence-corrected chi connectivity index (χ4v) is 5.13. The summed E-state index contributed by atoms with van der Waals surface area (Å²) in [6.45, 7) is 0. The van der Waals surface area contributed by atoms with Gasteiger partial charge < -0.3 is 33.6 Å². The molecule has 2 N–H and O–H groups in total. The van der Waals surface area contributed by atoms with Crippen molar-refractivity contribution in [2.75, 3.05) is 14.2 Å². The van der Waals surface area contributed by atoms with Gasteiger partial charge in [0.05, 0.1) is 14.2 Å². The molecule has 0 saturated carbocycles. The van der Waals surface area contributed by atoms with Gasteiger partial charge in [-0.2, -0.15) is 0 Å². The molecule has 0 radical (unpaired) electrons. The summed E-state index contributed by atoms with van der Waals surface area (Å²) in [5.74, 6) is -0.267. The van der Waals surface area contributed by atoms with Crippen LogP contribution in [0.3, 0.4) is 0 Å². The van der Waals surface area contributed by atoms with E-state index in [4.69, 9.17) is 18.5 Å². The number of phosphoric ester groups is 1. The van der Waals surface area contributed by atoms with Gasteiger partial charge in [-0.1, -0.05) is 36.4 Å². The van der Waals surface area contributed by atoms with Gasteiger partial charge in [0, 0.05) is 24.0 Å². The van der Waals surface area contributed by atoms with E-state index in [0.717, 1.165) is 0 Å². The molecule has 0 saturated heterocycles. The molecule has 0 aliphatic carbocycles. The molecule has 0 bridgehead atoms. The number of hydrogen-bond acceptors (Lipinski definition) is 10. The number of aromatic hydroxyl groups is 2. The number of Topliss-reactive ketones (excluding diaryl/α,β-unsaturated/α-hetero) is 2. The summed E-state index contributed by atoms with van der Waals surface area (Å²) in [6.07, 6.45) is 1.02. The standard InChI is InChI=1S/C32H31O10P.Na/c1-39-31-17-21(9-13-27(35)23-5-3-7-25(33)19-23)11-15-29(31)41-43(37,38)42-30-16-12-22(18-32(30)40-2)10-14-28(36)24-6-4-8-26(34)20-24;/h3-8,11-12,15-20,33-34H,9-10,13-14H2,1-2H3,(H,37,38);/q;+1/p-1. The molecule has 10 nitrogen and oxygen atoms in total. The summed E-state index contributed by atoms with van der Waals surface area (Å²) in [7, 11) is -2.25. The molecule has 4 aromatic rings. The van der Waals surface area contributed by atoms with Crippen LogP contribution in [-0.4, -0.2) is 36.0 Å². The van der Waals surface area contributed by atoms with Crippen LogP contribution in [0.1, 0.15) is 44.7 Å². The molecule has 0 aliphatic rings. The van der Waals surface area contributed by atoms with E-state index in [1.165, 1.54) is 50.6 Å². The number of rotatable bonds is 14. The van der Waals surface area contributed by atoms with Crippen LogP contribution in [0.5, 0.6) is 34.5 Å². The number of phenols is 2. The molecule has 4 aromatic carbocycles. The summed E-state index contributed by atoms with van der Waals surface area (Å²) in [5, 5.41) is 19.2. The fourth-order valence-electron chi connectivity index (χ4n) is 4.31. The minimum absolute atomic E-state index is 0. The maximum absolute atomic E-state index is 12.8. The molecule has 0 amide bonds. The Kier molecular flexibility index (Phi) is 12.5. The summed E-state index contributed by atoms with van der Waals surface area (Å²) >= 11 is 0. The van der Waals surface area contributed by atoms with Gasteiger partial charge >= 0.3 is 37.4 Å². The summed E-state index contributed by atoms with van der Waals surface area (Å²) in [5.41, 5.74) is 2.20. The quantitative estimate of drug-likeness (QED) is 0.121. The Morgan fingerprint density at radius 2 is 1.07 bits per heavy atom. The van der Waals surface area contributed by atoms with Gasteiger partial charge in [0.2, 0.25) is 0 Å².